The number of carbonyl (C=O) groups excluding carboxylic acids is 2. The van der Waals surface area contributed by atoms with E-state index >= 15 is 0 Å². The van der Waals surface area contributed by atoms with E-state index in [1.54, 1.807) is 6.07 Å². The topological polar surface area (TPSA) is 58.6 Å². The van der Waals surface area contributed by atoms with E-state index < -0.39 is 0 Å². The molecule has 2 aliphatic heterocycles. The summed E-state index contributed by atoms with van der Waals surface area (Å²) in [6.07, 6.45) is 2.35. The SMILES string of the molecule is O=C(Nc1cccc(C(=O)N2CCCSCC2)c1)C1CCCO1. The monoisotopic (exact) mass is 334 g/mol. The first-order valence-corrected chi connectivity index (χ1v) is 9.29. The largest absolute Gasteiger partial charge is 0.368 e. The van der Waals surface area contributed by atoms with Crippen molar-refractivity contribution in [2.24, 2.45) is 0 Å². The van der Waals surface area contributed by atoms with Crippen LogP contribution in [0.25, 0.3) is 0 Å². The van der Waals surface area contributed by atoms with Gasteiger partial charge in [-0.1, -0.05) is 6.07 Å². The minimum Gasteiger partial charge on any atom is -0.368 e. The van der Waals surface area contributed by atoms with Gasteiger partial charge in [-0.3, -0.25) is 9.59 Å². The highest BCUT2D eigenvalue weighted by Crippen LogP contribution is 2.18. The summed E-state index contributed by atoms with van der Waals surface area (Å²) in [7, 11) is 0. The summed E-state index contributed by atoms with van der Waals surface area (Å²) in [5.74, 6) is 2.02. The van der Waals surface area contributed by atoms with Crippen LogP contribution in [0.5, 0.6) is 0 Å². The second-order valence-electron chi connectivity index (χ2n) is 5.83. The number of rotatable bonds is 3. The first-order valence-electron chi connectivity index (χ1n) is 8.13. The average molecular weight is 334 g/mol. The molecule has 1 unspecified atom stereocenters. The maximum atomic E-state index is 12.6. The number of nitrogens with zero attached hydrogens (tertiary/aromatic N) is 1. The predicted octanol–water partition coefficient (Wildman–Crippen LogP) is 2.38. The summed E-state index contributed by atoms with van der Waals surface area (Å²) in [5, 5.41) is 2.86. The van der Waals surface area contributed by atoms with Crippen LogP contribution in [-0.4, -0.2) is 54.0 Å². The molecule has 2 saturated heterocycles. The lowest BCUT2D eigenvalue weighted by molar-refractivity contribution is -0.124. The van der Waals surface area contributed by atoms with E-state index in [0.717, 1.165) is 43.9 Å². The molecule has 0 spiro atoms. The number of hydrogen-bond acceptors (Lipinski definition) is 4. The fraction of sp³-hybridized carbons (Fsp3) is 0.529. The number of nitrogens with one attached hydrogen (secondary N) is 1. The highest BCUT2D eigenvalue weighted by molar-refractivity contribution is 7.99. The molecule has 1 N–H and O–H groups in total. The van der Waals surface area contributed by atoms with Crippen molar-refractivity contribution in [2.75, 3.05) is 36.5 Å². The van der Waals surface area contributed by atoms with Crippen LogP contribution in [-0.2, 0) is 9.53 Å². The zero-order chi connectivity index (χ0) is 16.1. The van der Waals surface area contributed by atoms with Gasteiger partial charge in [0, 0.05) is 36.7 Å². The van der Waals surface area contributed by atoms with Crippen LogP contribution >= 0.6 is 11.8 Å². The maximum Gasteiger partial charge on any atom is 0.253 e. The molecule has 124 valence electrons. The Bertz CT molecular complexity index is 565. The van der Waals surface area contributed by atoms with Crippen molar-refractivity contribution in [3.8, 4) is 0 Å². The zero-order valence-electron chi connectivity index (χ0n) is 13.1. The van der Waals surface area contributed by atoms with Crippen LogP contribution in [0.1, 0.15) is 29.6 Å². The zero-order valence-corrected chi connectivity index (χ0v) is 13.9. The molecule has 1 aromatic carbocycles. The molecule has 1 aromatic rings. The molecule has 0 aliphatic carbocycles. The van der Waals surface area contributed by atoms with Crippen molar-refractivity contribution in [1.29, 1.82) is 0 Å². The van der Waals surface area contributed by atoms with Gasteiger partial charge in [-0.15, -0.1) is 0 Å². The van der Waals surface area contributed by atoms with E-state index in [1.807, 2.05) is 34.9 Å². The van der Waals surface area contributed by atoms with E-state index in [4.69, 9.17) is 4.74 Å². The Morgan fingerprint density at radius 2 is 2.13 bits per heavy atom. The van der Waals surface area contributed by atoms with E-state index in [9.17, 15) is 9.59 Å². The van der Waals surface area contributed by atoms with E-state index in [-0.39, 0.29) is 17.9 Å². The van der Waals surface area contributed by atoms with Crippen molar-refractivity contribution in [3.05, 3.63) is 29.8 Å². The number of benzene rings is 1. The normalized spacial score (nSPS) is 21.7. The molecule has 5 nitrogen and oxygen atoms in total. The molecule has 0 saturated carbocycles. The van der Waals surface area contributed by atoms with Gasteiger partial charge in [0.25, 0.3) is 11.8 Å². The maximum absolute atomic E-state index is 12.6. The average Bonchev–Trinajstić information content (AvgIpc) is 2.97. The summed E-state index contributed by atoms with van der Waals surface area (Å²) in [5.41, 5.74) is 1.28. The summed E-state index contributed by atoms with van der Waals surface area (Å²) < 4.78 is 5.38. The lowest BCUT2D eigenvalue weighted by atomic mass is 10.1. The molecule has 6 heteroatoms. The Hall–Kier alpha value is -1.53. The van der Waals surface area contributed by atoms with Crippen molar-refractivity contribution in [3.63, 3.8) is 0 Å². The Morgan fingerprint density at radius 1 is 1.22 bits per heavy atom. The van der Waals surface area contributed by atoms with Crippen molar-refractivity contribution in [1.82, 2.24) is 4.90 Å². The Labute approximate surface area is 140 Å². The van der Waals surface area contributed by atoms with E-state index in [1.165, 1.54) is 0 Å². The third-order valence-corrected chi connectivity index (χ3v) is 5.16. The number of amides is 2. The smallest absolute Gasteiger partial charge is 0.253 e. The van der Waals surface area contributed by atoms with Crippen molar-refractivity contribution in [2.45, 2.75) is 25.4 Å². The van der Waals surface area contributed by atoms with Gasteiger partial charge >= 0.3 is 0 Å². The van der Waals surface area contributed by atoms with Crippen LogP contribution in [0.3, 0.4) is 0 Å². The summed E-state index contributed by atoms with van der Waals surface area (Å²) in [4.78, 5) is 26.6. The molecular weight excluding hydrogens is 312 g/mol. The van der Waals surface area contributed by atoms with Crippen molar-refractivity contribution < 1.29 is 14.3 Å². The van der Waals surface area contributed by atoms with Gasteiger partial charge in [-0.25, -0.2) is 0 Å². The molecule has 3 rings (SSSR count). The number of thioether (sulfide) groups is 1. The van der Waals surface area contributed by atoms with Gasteiger partial charge in [-0.2, -0.15) is 11.8 Å². The molecule has 1 atom stereocenters. The molecule has 0 radical (unpaired) electrons. The number of hydrogen-bond donors (Lipinski definition) is 1. The highest BCUT2D eigenvalue weighted by Gasteiger charge is 2.24. The van der Waals surface area contributed by atoms with Crippen molar-refractivity contribution >= 4 is 29.3 Å². The van der Waals surface area contributed by atoms with Crippen LogP contribution in [0.4, 0.5) is 5.69 Å². The lowest BCUT2D eigenvalue weighted by Crippen LogP contribution is -2.33. The first-order chi connectivity index (χ1) is 11.2. The standard InChI is InChI=1S/C17H22N2O3S/c20-16(15-6-2-9-22-15)18-14-5-1-4-13(12-14)17(21)19-7-3-10-23-11-8-19/h1,4-5,12,15H,2-3,6-11H2,(H,18,20). The van der Waals surface area contributed by atoms with Gasteiger partial charge in [0.15, 0.2) is 0 Å². The second kappa shape index (κ2) is 7.84. The molecule has 23 heavy (non-hydrogen) atoms. The Morgan fingerprint density at radius 3 is 2.96 bits per heavy atom. The van der Waals surface area contributed by atoms with E-state index in [0.29, 0.717) is 17.9 Å². The minimum absolute atomic E-state index is 0.0423. The molecular formula is C17H22N2O3S. The lowest BCUT2D eigenvalue weighted by Gasteiger charge is -2.20. The molecule has 0 aromatic heterocycles. The van der Waals surface area contributed by atoms with Crippen LogP contribution in [0, 0.1) is 0 Å². The molecule has 2 amide bonds. The second-order valence-corrected chi connectivity index (χ2v) is 7.05. The molecule has 2 fully saturated rings. The van der Waals surface area contributed by atoms with E-state index in [2.05, 4.69) is 5.32 Å². The summed E-state index contributed by atoms with van der Waals surface area (Å²) >= 11 is 1.89. The van der Waals surface area contributed by atoms with Gasteiger partial charge in [0.2, 0.25) is 0 Å². The third kappa shape index (κ3) is 4.26. The van der Waals surface area contributed by atoms with Gasteiger partial charge in [0.1, 0.15) is 6.10 Å². The Kier molecular flexibility index (Phi) is 5.56. The third-order valence-electron chi connectivity index (χ3n) is 4.11. The number of anilines is 1. The highest BCUT2D eigenvalue weighted by atomic mass is 32.2. The number of ether oxygens (including phenoxy) is 1. The van der Waals surface area contributed by atoms with Gasteiger partial charge < -0.3 is 15.0 Å². The predicted molar refractivity (Wildman–Crippen MR) is 91.9 cm³/mol. The first kappa shape index (κ1) is 16.3. The summed E-state index contributed by atoms with van der Waals surface area (Å²) in [6.45, 7) is 2.23. The molecule has 2 heterocycles. The van der Waals surface area contributed by atoms with Crippen LogP contribution < -0.4 is 5.32 Å². The van der Waals surface area contributed by atoms with Gasteiger partial charge in [-0.05, 0) is 43.2 Å². The molecule has 2 aliphatic rings. The summed E-state index contributed by atoms with van der Waals surface area (Å²) in [6, 6.07) is 7.18. The van der Waals surface area contributed by atoms with Crippen LogP contribution in [0.2, 0.25) is 0 Å². The fourth-order valence-corrected chi connectivity index (χ4v) is 3.76. The fourth-order valence-electron chi connectivity index (χ4n) is 2.87. The minimum atomic E-state index is -0.364. The molecule has 0 bridgehead atoms. The van der Waals surface area contributed by atoms with Crippen LogP contribution in [0.15, 0.2) is 24.3 Å². The van der Waals surface area contributed by atoms with Gasteiger partial charge in [0.05, 0.1) is 0 Å². The Balaban J connectivity index is 1.66. The quantitative estimate of drug-likeness (QED) is 0.922. The number of carbonyl (C=O) groups is 2.